The Balaban J connectivity index is 2.24. The minimum atomic E-state index is -0.267. The lowest BCUT2D eigenvalue weighted by Gasteiger charge is -2.21. The van der Waals surface area contributed by atoms with Crippen LogP contribution in [0.1, 0.15) is 62.0 Å². The van der Waals surface area contributed by atoms with Crippen LogP contribution >= 0.6 is 0 Å². The zero-order valence-electron chi connectivity index (χ0n) is 15.9. The monoisotopic (exact) mass is 347 g/mol. The molecule has 0 radical (unpaired) electrons. The molecule has 2 aromatic rings. The summed E-state index contributed by atoms with van der Waals surface area (Å²) >= 11 is 0. The predicted octanol–water partition coefficient (Wildman–Crippen LogP) is 2.61. The molecule has 0 aliphatic heterocycles. The van der Waals surface area contributed by atoms with Gasteiger partial charge in [0.1, 0.15) is 5.69 Å². The van der Waals surface area contributed by atoms with E-state index in [1.165, 1.54) is 0 Å². The normalized spacial score (nSPS) is 13.9. The smallest absolute Gasteiger partial charge is 0.269 e. The summed E-state index contributed by atoms with van der Waals surface area (Å²) in [7, 11) is 0. The fraction of sp³-hybridized carbons (Fsp3) is 0.611. The van der Waals surface area contributed by atoms with E-state index in [0.717, 1.165) is 23.4 Å². The van der Waals surface area contributed by atoms with Crippen molar-refractivity contribution in [1.82, 2.24) is 25.3 Å². The number of nitrogens with zero attached hydrogens (tertiary/aromatic N) is 3. The number of nitrogens with one attached hydrogen (secondary N) is 2. The molecule has 0 unspecified atom stereocenters. The number of rotatable bonds is 7. The lowest BCUT2D eigenvalue weighted by molar-refractivity contribution is 0.0886. The van der Waals surface area contributed by atoms with Gasteiger partial charge >= 0.3 is 0 Å². The summed E-state index contributed by atoms with van der Waals surface area (Å²) in [6.07, 6.45) is 0.881. The van der Waals surface area contributed by atoms with E-state index in [1.807, 2.05) is 32.4 Å². The van der Waals surface area contributed by atoms with Gasteiger partial charge < -0.3 is 10.4 Å². The molecular weight excluding hydrogens is 318 g/mol. The molecule has 0 aliphatic carbocycles. The van der Waals surface area contributed by atoms with Crippen molar-refractivity contribution in [2.75, 3.05) is 6.61 Å². The van der Waals surface area contributed by atoms with Gasteiger partial charge in [0.25, 0.3) is 5.91 Å². The molecule has 3 N–H and O–H groups in total. The van der Waals surface area contributed by atoms with Crippen LogP contribution in [-0.2, 0) is 0 Å². The molecule has 0 aromatic carbocycles. The van der Waals surface area contributed by atoms with Gasteiger partial charge in [-0.3, -0.25) is 14.6 Å². The average molecular weight is 347 g/mol. The number of aliphatic hydroxyl groups is 1. The van der Waals surface area contributed by atoms with Gasteiger partial charge in [0.15, 0.2) is 0 Å². The fourth-order valence-electron chi connectivity index (χ4n) is 3.00. The molecule has 25 heavy (non-hydrogen) atoms. The first-order chi connectivity index (χ1) is 11.8. The molecule has 0 spiro atoms. The first kappa shape index (κ1) is 19.2. The van der Waals surface area contributed by atoms with Crippen molar-refractivity contribution in [3.8, 4) is 11.3 Å². The Morgan fingerprint density at radius 2 is 2.04 bits per heavy atom. The first-order valence-corrected chi connectivity index (χ1v) is 8.83. The fourth-order valence-corrected chi connectivity index (χ4v) is 3.00. The van der Waals surface area contributed by atoms with Gasteiger partial charge in [0.05, 0.1) is 24.0 Å². The van der Waals surface area contributed by atoms with Gasteiger partial charge in [-0.15, -0.1) is 0 Å². The summed E-state index contributed by atoms with van der Waals surface area (Å²) < 4.78 is 1.96. The number of H-pyrrole nitrogens is 1. The molecule has 0 saturated carbocycles. The SMILES string of the molecule is CC[C@@H](C)[C@@H](CO)NC(=O)c1cc(-c2c(C)nn(C(C)C)c2C)n[nH]1. The Morgan fingerprint density at radius 3 is 2.56 bits per heavy atom. The van der Waals surface area contributed by atoms with Gasteiger partial charge in [-0.05, 0) is 39.7 Å². The third-order valence-electron chi connectivity index (χ3n) is 4.74. The standard InChI is InChI=1S/C18H29N5O2/c1-7-11(4)16(9-24)19-18(25)15-8-14(20-21-15)17-12(5)22-23(10(2)3)13(17)6/h8,10-11,16,24H,7,9H2,1-6H3,(H,19,25)(H,20,21)/t11-,16-/m1/s1. The van der Waals surface area contributed by atoms with Crippen LogP contribution in [-0.4, -0.2) is 43.6 Å². The Bertz CT molecular complexity index is 732. The highest BCUT2D eigenvalue weighted by molar-refractivity contribution is 5.93. The summed E-state index contributed by atoms with van der Waals surface area (Å²) in [6, 6.07) is 1.73. The molecule has 0 saturated heterocycles. The number of amides is 1. The highest BCUT2D eigenvalue weighted by Gasteiger charge is 2.22. The van der Waals surface area contributed by atoms with Crippen molar-refractivity contribution in [3.63, 3.8) is 0 Å². The molecule has 0 bridgehead atoms. The quantitative estimate of drug-likeness (QED) is 0.717. The second-order valence-electron chi connectivity index (χ2n) is 6.90. The maximum atomic E-state index is 12.4. The van der Waals surface area contributed by atoms with Crippen molar-refractivity contribution < 1.29 is 9.90 Å². The highest BCUT2D eigenvalue weighted by atomic mass is 16.3. The van der Waals surface area contributed by atoms with E-state index >= 15 is 0 Å². The maximum Gasteiger partial charge on any atom is 0.269 e. The number of hydrogen-bond donors (Lipinski definition) is 3. The summed E-state index contributed by atoms with van der Waals surface area (Å²) in [4.78, 5) is 12.4. The number of carbonyl (C=O) groups excluding carboxylic acids is 1. The van der Waals surface area contributed by atoms with Crippen LogP contribution in [0.25, 0.3) is 11.3 Å². The van der Waals surface area contributed by atoms with Gasteiger partial charge in [0.2, 0.25) is 0 Å². The lowest BCUT2D eigenvalue weighted by Crippen LogP contribution is -2.42. The third-order valence-corrected chi connectivity index (χ3v) is 4.74. The van der Waals surface area contributed by atoms with E-state index in [9.17, 15) is 9.90 Å². The number of carbonyl (C=O) groups is 1. The molecule has 7 heteroatoms. The van der Waals surface area contributed by atoms with Crippen molar-refractivity contribution in [1.29, 1.82) is 0 Å². The zero-order chi connectivity index (χ0) is 18.7. The van der Waals surface area contributed by atoms with Gasteiger partial charge in [-0.25, -0.2) is 0 Å². The zero-order valence-corrected chi connectivity index (χ0v) is 15.9. The third kappa shape index (κ3) is 3.92. The minimum Gasteiger partial charge on any atom is -0.394 e. The summed E-state index contributed by atoms with van der Waals surface area (Å²) in [5.74, 6) is -0.0604. The summed E-state index contributed by atoms with van der Waals surface area (Å²) in [5, 5.41) is 24.0. The lowest BCUT2D eigenvalue weighted by atomic mass is 10.00. The largest absolute Gasteiger partial charge is 0.394 e. The number of aliphatic hydroxyl groups excluding tert-OH is 1. The van der Waals surface area contributed by atoms with Crippen LogP contribution < -0.4 is 5.32 Å². The van der Waals surface area contributed by atoms with E-state index in [1.54, 1.807) is 6.07 Å². The van der Waals surface area contributed by atoms with E-state index < -0.39 is 0 Å². The maximum absolute atomic E-state index is 12.4. The molecule has 7 nitrogen and oxygen atoms in total. The van der Waals surface area contributed by atoms with Crippen LogP contribution in [0.4, 0.5) is 0 Å². The molecule has 0 fully saturated rings. The molecule has 2 heterocycles. The number of aromatic amines is 1. The number of hydrogen-bond acceptors (Lipinski definition) is 4. The average Bonchev–Trinajstić information content (AvgIpc) is 3.16. The minimum absolute atomic E-state index is 0.0822. The van der Waals surface area contributed by atoms with Crippen LogP contribution in [0.3, 0.4) is 0 Å². The van der Waals surface area contributed by atoms with Crippen LogP contribution in [0.15, 0.2) is 6.07 Å². The summed E-state index contributed by atoms with van der Waals surface area (Å²) in [6.45, 7) is 12.1. The second-order valence-corrected chi connectivity index (χ2v) is 6.90. The van der Waals surface area contributed by atoms with Crippen molar-refractivity contribution in [2.24, 2.45) is 5.92 Å². The van der Waals surface area contributed by atoms with Crippen LogP contribution in [0.2, 0.25) is 0 Å². The Morgan fingerprint density at radius 1 is 1.36 bits per heavy atom. The van der Waals surface area contributed by atoms with E-state index in [-0.39, 0.29) is 30.5 Å². The Labute approximate surface area is 148 Å². The van der Waals surface area contributed by atoms with Crippen molar-refractivity contribution >= 4 is 5.91 Å². The molecular formula is C18H29N5O2. The van der Waals surface area contributed by atoms with Gasteiger partial charge in [-0.2, -0.15) is 10.2 Å². The van der Waals surface area contributed by atoms with E-state index in [0.29, 0.717) is 11.4 Å². The van der Waals surface area contributed by atoms with Crippen LogP contribution in [0, 0.1) is 19.8 Å². The summed E-state index contributed by atoms with van der Waals surface area (Å²) in [5.41, 5.74) is 3.95. The van der Waals surface area contributed by atoms with Crippen molar-refractivity contribution in [3.05, 3.63) is 23.1 Å². The molecule has 2 aromatic heterocycles. The Kier molecular flexibility index (Phi) is 6.00. The van der Waals surface area contributed by atoms with E-state index in [2.05, 4.69) is 34.5 Å². The Hall–Kier alpha value is -2.15. The van der Waals surface area contributed by atoms with Crippen molar-refractivity contribution in [2.45, 2.75) is 60.0 Å². The molecule has 0 aliphatic rings. The molecule has 138 valence electrons. The van der Waals surface area contributed by atoms with E-state index in [4.69, 9.17) is 0 Å². The first-order valence-electron chi connectivity index (χ1n) is 8.83. The highest BCUT2D eigenvalue weighted by Crippen LogP contribution is 2.27. The predicted molar refractivity (Wildman–Crippen MR) is 97.5 cm³/mol. The molecule has 1 amide bonds. The van der Waals surface area contributed by atoms with Gasteiger partial charge in [-0.1, -0.05) is 20.3 Å². The van der Waals surface area contributed by atoms with Crippen LogP contribution in [0.5, 0.6) is 0 Å². The number of aryl methyl sites for hydroxylation is 1. The topological polar surface area (TPSA) is 95.8 Å². The second kappa shape index (κ2) is 7.82. The molecule has 2 rings (SSSR count). The van der Waals surface area contributed by atoms with Gasteiger partial charge in [0, 0.05) is 17.3 Å². The number of aromatic nitrogens is 4. The molecule has 2 atom stereocenters.